The van der Waals surface area contributed by atoms with Crippen LogP contribution >= 0.6 is 0 Å². The van der Waals surface area contributed by atoms with Crippen molar-refractivity contribution in [3.8, 4) is 0 Å². The van der Waals surface area contributed by atoms with Crippen LogP contribution in [-0.2, 0) is 0 Å². The van der Waals surface area contributed by atoms with Crippen LogP contribution in [-0.4, -0.2) is 10.9 Å². The molecule has 2 heteroatoms. The summed E-state index contributed by atoms with van der Waals surface area (Å²) in [5, 5.41) is 5.65. The minimum absolute atomic E-state index is 0.913. The highest BCUT2D eigenvalue weighted by Crippen LogP contribution is 2.21. The van der Waals surface area contributed by atoms with E-state index in [1.54, 1.807) is 0 Å². The number of benzene rings is 1. The van der Waals surface area contributed by atoms with Crippen LogP contribution in [0.5, 0.6) is 0 Å². The van der Waals surface area contributed by atoms with Crippen LogP contribution in [0.1, 0.15) is 12.1 Å². The van der Waals surface area contributed by atoms with E-state index < -0.39 is 0 Å². The Hall–Kier alpha value is -1.83. The van der Waals surface area contributed by atoms with E-state index in [0.29, 0.717) is 0 Å². The molecular formula is C12H10N2. The summed E-state index contributed by atoms with van der Waals surface area (Å²) in [6.07, 6.45) is 7.09. The Labute approximate surface area is 82.2 Å². The molecule has 0 bridgehead atoms. The average Bonchev–Trinajstić information content (AvgIpc) is 2.42. The maximum absolute atomic E-state index is 4.40. The van der Waals surface area contributed by atoms with Gasteiger partial charge in [-0.3, -0.25) is 0 Å². The molecule has 0 N–H and O–H groups in total. The van der Waals surface area contributed by atoms with Gasteiger partial charge in [-0.05, 0) is 18.2 Å². The predicted octanol–water partition coefficient (Wildman–Crippen LogP) is 2.89. The third-order valence-electron chi connectivity index (χ3n) is 2.44. The van der Waals surface area contributed by atoms with Crippen LogP contribution in [0.2, 0.25) is 0 Å². The van der Waals surface area contributed by atoms with Gasteiger partial charge in [0, 0.05) is 18.0 Å². The Balaban J connectivity index is 2.41. The zero-order valence-corrected chi connectivity index (χ0v) is 7.72. The first-order valence-corrected chi connectivity index (χ1v) is 4.75. The van der Waals surface area contributed by atoms with Gasteiger partial charge in [-0.1, -0.05) is 24.3 Å². The highest BCUT2D eigenvalue weighted by Gasteiger charge is 2.05. The molecule has 1 aromatic heterocycles. The fourth-order valence-electron chi connectivity index (χ4n) is 1.79. The van der Waals surface area contributed by atoms with Crippen LogP contribution in [0.4, 0.5) is 0 Å². The van der Waals surface area contributed by atoms with Gasteiger partial charge in [-0.25, -0.2) is 4.68 Å². The van der Waals surface area contributed by atoms with Crippen molar-refractivity contribution in [2.75, 3.05) is 0 Å². The molecule has 0 radical (unpaired) electrons. The molecule has 0 aliphatic carbocycles. The minimum atomic E-state index is 0.913. The maximum Gasteiger partial charge on any atom is 0.0725 e. The maximum atomic E-state index is 4.40. The smallest absolute Gasteiger partial charge is 0.0725 e. The third kappa shape index (κ3) is 1.01. The second-order valence-corrected chi connectivity index (χ2v) is 3.38. The van der Waals surface area contributed by atoms with Crippen molar-refractivity contribution >= 4 is 23.2 Å². The Bertz CT molecular complexity index is 532. The number of hydrogen-bond donors (Lipinski definition) is 0. The third-order valence-corrected chi connectivity index (χ3v) is 2.44. The van der Waals surface area contributed by atoms with Gasteiger partial charge >= 0.3 is 0 Å². The van der Waals surface area contributed by atoms with E-state index in [1.165, 1.54) is 10.9 Å². The van der Waals surface area contributed by atoms with Gasteiger partial charge < -0.3 is 0 Å². The molecule has 0 spiro atoms. The highest BCUT2D eigenvalue weighted by atomic mass is 15.3. The van der Waals surface area contributed by atoms with Crippen molar-refractivity contribution in [1.82, 2.24) is 4.68 Å². The summed E-state index contributed by atoms with van der Waals surface area (Å²) in [7, 11) is 0. The Kier molecular flexibility index (Phi) is 1.53. The van der Waals surface area contributed by atoms with Gasteiger partial charge in [0.05, 0.1) is 11.2 Å². The van der Waals surface area contributed by atoms with Crippen molar-refractivity contribution in [1.29, 1.82) is 0 Å². The van der Waals surface area contributed by atoms with Crippen LogP contribution in [0, 0.1) is 0 Å². The van der Waals surface area contributed by atoms with E-state index in [9.17, 15) is 0 Å². The first-order valence-electron chi connectivity index (χ1n) is 4.75. The van der Waals surface area contributed by atoms with Gasteiger partial charge in [0.25, 0.3) is 0 Å². The van der Waals surface area contributed by atoms with Crippen LogP contribution in [0.3, 0.4) is 0 Å². The summed E-state index contributed by atoms with van der Waals surface area (Å²) < 4.78 is 1.98. The summed E-state index contributed by atoms with van der Waals surface area (Å²) >= 11 is 0. The van der Waals surface area contributed by atoms with Gasteiger partial charge in [-0.15, -0.1) is 0 Å². The average molecular weight is 182 g/mol. The van der Waals surface area contributed by atoms with Gasteiger partial charge in [0.15, 0.2) is 0 Å². The monoisotopic (exact) mass is 182 g/mol. The number of aromatic nitrogens is 1. The predicted molar refractivity (Wildman–Crippen MR) is 59.5 cm³/mol. The van der Waals surface area contributed by atoms with Crippen LogP contribution in [0.15, 0.2) is 41.5 Å². The van der Waals surface area contributed by atoms with E-state index in [0.717, 1.165) is 12.1 Å². The molecule has 0 unspecified atom stereocenters. The van der Waals surface area contributed by atoms with E-state index in [2.05, 4.69) is 41.5 Å². The minimum Gasteiger partial charge on any atom is -0.233 e. The SMILES string of the molecule is C1=Cc2cc3ccccc3n2N=CC1. The molecule has 1 aromatic carbocycles. The zero-order chi connectivity index (χ0) is 9.38. The second-order valence-electron chi connectivity index (χ2n) is 3.38. The number of hydrogen-bond acceptors (Lipinski definition) is 1. The van der Waals surface area contributed by atoms with E-state index in [1.807, 2.05) is 17.0 Å². The molecule has 0 amide bonds. The summed E-state index contributed by atoms with van der Waals surface area (Å²) in [6.45, 7) is 0. The lowest BCUT2D eigenvalue weighted by molar-refractivity contribution is 0.921. The molecule has 0 atom stereocenters. The number of rotatable bonds is 0. The molecule has 0 fully saturated rings. The number of nitrogens with zero attached hydrogens (tertiary/aromatic N) is 2. The molecule has 14 heavy (non-hydrogen) atoms. The highest BCUT2D eigenvalue weighted by molar-refractivity contribution is 5.84. The summed E-state index contributed by atoms with van der Waals surface area (Å²) in [4.78, 5) is 0. The molecule has 68 valence electrons. The van der Waals surface area contributed by atoms with Gasteiger partial charge in [0.2, 0.25) is 0 Å². The first kappa shape index (κ1) is 7.56. The van der Waals surface area contributed by atoms with E-state index in [4.69, 9.17) is 0 Å². The summed E-state index contributed by atoms with van der Waals surface area (Å²) in [5.74, 6) is 0. The lowest BCUT2D eigenvalue weighted by atomic mass is 10.2. The number of fused-ring (bicyclic) bond motifs is 3. The second kappa shape index (κ2) is 2.84. The van der Waals surface area contributed by atoms with Crippen molar-refractivity contribution in [2.24, 2.45) is 5.10 Å². The largest absolute Gasteiger partial charge is 0.233 e. The summed E-state index contributed by atoms with van der Waals surface area (Å²) in [5.41, 5.74) is 2.32. The first-order chi connectivity index (χ1) is 6.95. The zero-order valence-electron chi connectivity index (χ0n) is 7.72. The number of para-hydroxylation sites is 1. The molecule has 2 nitrogen and oxygen atoms in total. The van der Waals surface area contributed by atoms with Crippen molar-refractivity contribution in [2.45, 2.75) is 6.42 Å². The fourth-order valence-corrected chi connectivity index (χ4v) is 1.79. The molecule has 1 aliphatic heterocycles. The van der Waals surface area contributed by atoms with E-state index >= 15 is 0 Å². The fraction of sp³-hybridized carbons (Fsp3) is 0.0833. The number of allylic oxidation sites excluding steroid dienone is 1. The Morgan fingerprint density at radius 1 is 1.21 bits per heavy atom. The molecule has 3 rings (SSSR count). The quantitative estimate of drug-likeness (QED) is 0.596. The molecule has 0 saturated carbocycles. The lowest BCUT2D eigenvalue weighted by Crippen LogP contribution is -1.89. The topological polar surface area (TPSA) is 17.3 Å². The van der Waals surface area contributed by atoms with Crippen molar-refractivity contribution < 1.29 is 0 Å². The van der Waals surface area contributed by atoms with Crippen molar-refractivity contribution in [3.63, 3.8) is 0 Å². The molecule has 0 saturated heterocycles. The molecule has 1 aliphatic rings. The van der Waals surface area contributed by atoms with E-state index in [-0.39, 0.29) is 0 Å². The van der Waals surface area contributed by atoms with Gasteiger partial charge in [-0.2, -0.15) is 5.10 Å². The summed E-state index contributed by atoms with van der Waals surface area (Å²) in [6, 6.07) is 10.5. The normalized spacial score (nSPS) is 14.3. The lowest BCUT2D eigenvalue weighted by Gasteiger charge is -1.97. The van der Waals surface area contributed by atoms with Crippen LogP contribution < -0.4 is 0 Å². The van der Waals surface area contributed by atoms with Crippen LogP contribution in [0.25, 0.3) is 17.0 Å². The van der Waals surface area contributed by atoms with Crippen molar-refractivity contribution in [3.05, 3.63) is 42.1 Å². The molecule has 2 heterocycles. The van der Waals surface area contributed by atoms with Gasteiger partial charge in [0.1, 0.15) is 0 Å². The Morgan fingerprint density at radius 3 is 3.14 bits per heavy atom. The molecule has 2 aromatic rings. The molecular weight excluding hydrogens is 172 g/mol. The standard InChI is InChI=1S/C12H10N2/c1-2-7-12-10(5-1)9-11-6-3-4-8-13-14(11)12/h1-3,5-9H,4H2. The Morgan fingerprint density at radius 2 is 2.14 bits per heavy atom.